The number of urea groups is 1. The van der Waals surface area contributed by atoms with Crippen molar-refractivity contribution in [2.75, 3.05) is 32.8 Å². The van der Waals surface area contributed by atoms with Crippen molar-refractivity contribution in [3.8, 4) is 0 Å². The number of morpholine rings is 1. The normalized spacial score (nSPS) is 15.1. The third-order valence-corrected chi connectivity index (χ3v) is 6.68. The maximum Gasteiger partial charge on any atom is 0.315 e. The highest BCUT2D eigenvalue weighted by atomic mass is 32.2. The van der Waals surface area contributed by atoms with Gasteiger partial charge in [-0.3, -0.25) is 0 Å². The second kappa shape index (κ2) is 9.87. The van der Waals surface area contributed by atoms with Crippen LogP contribution in [0.25, 0.3) is 0 Å². The van der Waals surface area contributed by atoms with Crippen LogP contribution >= 0.6 is 0 Å². The lowest BCUT2D eigenvalue weighted by Crippen LogP contribution is -2.40. The molecule has 1 aliphatic rings. The van der Waals surface area contributed by atoms with Crippen molar-refractivity contribution in [3.63, 3.8) is 0 Å². The van der Waals surface area contributed by atoms with E-state index in [0.717, 1.165) is 12.0 Å². The molecule has 2 N–H and O–H groups in total. The molecule has 0 aliphatic carbocycles. The van der Waals surface area contributed by atoms with Crippen LogP contribution < -0.4 is 10.6 Å². The average molecular weight is 418 g/mol. The zero-order valence-electron chi connectivity index (χ0n) is 16.6. The Morgan fingerprint density at radius 3 is 2.45 bits per heavy atom. The van der Waals surface area contributed by atoms with Gasteiger partial charge in [-0.05, 0) is 36.6 Å². The second-order valence-corrected chi connectivity index (χ2v) is 8.95. The van der Waals surface area contributed by atoms with E-state index in [4.69, 9.17) is 4.74 Å². The van der Waals surface area contributed by atoms with Gasteiger partial charge in [0.25, 0.3) is 0 Å². The lowest BCUT2D eigenvalue weighted by atomic mass is 10.1. The molecule has 2 aromatic rings. The van der Waals surface area contributed by atoms with E-state index < -0.39 is 10.0 Å². The van der Waals surface area contributed by atoms with E-state index >= 15 is 0 Å². The van der Waals surface area contributed by atoms with Gasteiger partial charge in [-0.25, -0.2) is 13.2 Å². The van der Waals surface area contributed by atoms with Crippen molar-refractivity contribution >= 4 is 16.1 Å². The minimum atomic E-state index is -3.50. The average Bonchev–Trinajstić information content (AvgIpc) is 2.73. The number of rotatable bonds is 7. The van der Waals surface area contributed by atoms with Gasteiger partial charge in [-0.1, -0.05) is 42.0 Å². The summed E-state index contributed by atoms with van der Waals surface area (Å²) in [5, 5.41) is 5.63. The van der Waals surface area contributed by atoms with Crippen LogP contribution in [0.1, 0.15) is 16.7 Å². The van der Waals surface area contributed by atoms with Crippen LogP contribution in [0.4, 0.5) is 4.79 Å². The smallest absolute Gasteiger partial charge is 0.315 e. The lowest BCUT2D eigenvalue weighted by molar-refractivity contribution is 0.0730. The van der Waals surface area contributed by atoms with E-state index in [1.807, 2.05) is 25.1 Å². The first-order valence-corrected chi connectivity index (χ1v) is 11.1. The maximum atomic E-state index is 12.6. The van der Waals surface area contributed by atoms with Crippen molar-refractivity contribution in [2.45, 2.75) is 24.8 Å². The standard InChI is InChI=1S/C21H27N3O4S/c1-17-3-2-4-18(15-17)9-10-22-21(25)23-16-19-5-7-20(8-6-19)29(26,27)24-11-13-28-14-12-24/h2-8,15H,9-14,16H2,1H3,(H2,22,23,25). The summed E-state index contributed by atoms with van der Waals surface area (Å²) in [6.07, 6.45) is 0.767. The van der Waals surface area contributed by atoms with Gasteiger partial charge in [-0.2, -0.15) is 4.31 Å². The number of amides is 2. The zero-order valence-corrected chi connectivity index (χ0v) is 17.4. The molecule has 1 aliphatic heterocycles. The van der Waals surface area contributed by atoms with E-state index in [2.05, 4.69) is 16.7 Å². The minimum Gasteiger partial charge on any atom is -0.379 e. The highest BCUT2D eigenvalue weighted by Crippen LogP contribution is 2.17. The second-order valence-electron chi connectivity index (χ2n) is 7.01. The van der Waals surface area contributed by atoms with Gasteiger partial charge in [0.1, 0.15) is 0 Å². The molecule has 1 heterocycles. The molecule has 0 saturated carbocycles. The van der Waals surface area contributed by atoms with Gasteiger partial charge >= 0.3 is 6.03 Å². The topological polar surface area (TPSA) is 87.7 Å². The molecule has 3 rings (SSSR count). The summed E-state index contributed by atoms with van der Waals surface area (Å²) in [4.78, 5) is 12.2. The molecule has 0 atom stereocenters. The highest BCUT2D eigenvalue weighted by Gasteiger charge is 2.26. The summed E-state index contributed by atoms with van der Waals surface area (Å²) >= 11 is 0. The monoisotopic (exact) mass is 417 g/mol. The molecule has 1 fully saturated rings. The van der Waals surface area contributed by atoms with Crippen LogP contribution in [0.15, 0.2) is 53.4 Å². The summed E-state index contributed by atoms with van der Waals surface area (Å²) in [5.74, 6) is 0. The molecule has 0 bridgehead atoms. The van der Waals surface area contributed by atoms with Crippen LogP contribution in [0.3, 0.4) is 0 Å². The molecule has 2 amide bonds. The molecular weight excluding hydrogens is 390 g/mol. The van der Waals surface area contributed by atoms with Gasteiger partial charge in [0, 0.05) is 26.2 Å². The van der Waals surface area contributed by atoms with Gasteiger partial charge in [0.2, 0.25) is 10.0 Å². The van der Waals surface area contributed by atoms with Crippen molar-refractivity contribution in [2.24, 2.45) is 0 Å². The lowest BCUT2D eigenvalue weighted by Gasteiger charge is -2.26. The number of nitrogens with one attached hydrogen (secondary N) is 2. The Morgan fingerprint density at radius 2 is 1.76 bits per heavy atom. The quantitative estimate of drug-likeness (QED) is 0.722. The van der Waals surface area contributed by atoms with Crippen molar-refractivity contribution in [3.05, 3.63) is 65.2 Å². The molecule has 0 spiro atoms. The van der Waals surface area contributed by atoms with Crippen molar-refractivity contribution in [1.29, 1.82) is 0 Å². The van der Waals surface area contributed by atoms with Crippen molar-refractivity contribution < 1.29 is 17.9 Å². The molecule has 0 unspecified atom stereocenters. The van der Waals surface area contributed by atoms with E-state index in [0.29, 0.717) is 39.4 Å². The fourth-order valence-corrected chi connectivity index (χ4v) is 4.56. The first kappa shape index (κ1) is 21.3. The molecule has 29 heavy (non-hydrogen) atoms. The molecule has 7 nitrogen and oxygen atoms in total. The van der Waals surface area contributed by atoms with E-state index in [1.54, 1.807) is 24.3 Å². The Bertz CT molecular complexity index is 923. The first-order chi connectivity index (χ1) is 13.9. The van der Waals surface area contributed by atoms with Crippen LogP contribution in [0, 0.1) is 6.92 Å². The van der Waals surface area contributed by atoms with Gasteiger partial charge in [0.15, 0.2) is 0 Å². The number of hydrogen-bond donors (Lipinski definition) is 2. The summed E-state index contributed by atoms with van der Waals surface area (Å²) in [6, 6.07) is 14.6. The van der Waals surface area contributed by atoms with Crippen LogP contribution in [0.2, 0.25) is 0 Å². The van der Waals surface area contributed by atoms with Gasteiger partial charge in [0.05, 0.1) is 18.1 Å². The molecule has 0 aromatic heterocycles. The summed E-state index contributed by atoms with van der Waals surface area (Å²) < 4.78 is 31.9. The minimum absolute atomic E-state index is 0.248. The van der Waals surface area contributed by atoms with Crippen LogP contribution in [0.5, 0.6) is 0 Å². The summed E-state index contributed by atoms with van der Waals surface area (Å²) in [5.41, 5.74) is 3.22. The largest absolute Gasteiger partial charge is 0.379 e. The number of ether oxygens (including phenoxy) is 1. The maximum absolute atomic E-state index is 12.6. The van der Waals surface area contributed by atoms with Crippen molar-refractivity contribution in [1.82, 2.24) is 14.9 Å². The summed E-state index contributed by atoms with van der Waals surface area (Å²) in [7, 11) is -3.50. The Balaban J connectivity index is 1.45. The van der Waals surface area contributed by atoms with E-state index in [-0.39, 0.29) is 10.9 Å². The molecule has 0 radical (unpaired) electrons. The van der Waals surface area contributed by atoms with Gasteiger partial charge in [-0.15, -0.1) is 0 Å². The number of sulfonamides is 1. The number of carbonyl (C=O) groups is 1. The number of hydrogen-bond acceptors (Lipinski definition) is 4. The SMILES string of the molecule is Cc1cccc(CCNC(=O)NCc2ccc(S(=O)(=O)N3CCOCC3)cc2)c1. The van der Waals surface area contributed by atoms with E-state index in [9.17, 15) is 13.2 Å². The molecule has 1 saturated heterocycles. The Hall–Kier alpha value is -2.42. The predicted octanol–water partition coefficient (Wildman–Crippen LogP) is 2.06. The first-order valence-electron chi connectivity index (χ1n) is 9.69. The molecule has 2 aromatic carbocycles. The van der Waals surface area contributed by atoms with Gasteiger partial charge < -0.3 is 15.4 Å². The Kier molecular flexibility index (Phi) is 7.24. The van der Waals surface area contributed by atoms with Crippen LogP contribution in [-0.2, 0) is 27.7 Å². The fourth-order valence-electron chi connectivity index (χ4n) is 3.15. The third-order valence-electron chi connectivity index (χ3n) is 4.77. The molecule has 156 valence electrons. The molecular formula is C21H27N3O4S. The Labute approximate surface area is 172 Å². The highest BCUT2D eigenvalue weighted by molar-refractivity contribution is 7.89. The number of aryl methyl sites for hydroxylation is 1. The third kappa shape index (κ3) is 6.03. The summed E-state index contributed by atoms with van der Waals surface area (Å²) in [6.45, 7) is 4.49. The fraction of sp³-hybridized carbons (Fsp3) is 0.381. The zero-order chi connectivity index (χ0) is 20.7. The van der Waals surface area contributed by atoms with Crippen LogP contribution in [-0.4, -0.2) is 51.6 Å². The molecule has 8 heteroatoms. The number of carbonyl (C=O) groups excluding carboxylic acids is 1. The number of benzene rings is 2. The Morgan fingerprint density at radius 1 is 1.03 bits per heavy atom. The number of nitrogens with zero attached hydrogens (tertiary/aromatic N) is 1. The predicted molar refractivity (Wildman–Crippen MR) is 111 cm³/mol. The van der Waals surface area contributed by atoms with E-state index in [1.165, 1.54) is 15.4 Å².